The monoisotopic (exact) mass is 180 g/mol. The summed E-state index contributed by atoms with van der Waals surface area (Å²) in [5.74, 6) is 0.234. The van der Waals surface area contributed by atoms with Crippen molar-refractivity contribution in [2.45, 2.75) is 17.2 Å². The summed E-state index contributed by atoms with van der Waals surface area (Å²) in [6.45, 7) is 0. The van der Waals surface area contributed by atoms with E-state index in [4.69, 9.17) is 11.6 Å². The van der Waals surface area contributed by atoms with Gasteiger partial charge in [0.05, 0.1) is 0 Å². The van der Waals surface area contributed by atoms with Crippen molar-refractivity contribution < 1.29 is 4.79 Å². The van der Waals surface area contributed by atoms with E-state index in [2.05, 4.69) is 0 Å². The van der Waals surface area contributed by atoms with E-state index in [1.807, 2.05) is 30.3 Å². The molecule has 0 heterocycles. The summed E-state index contributed by atoms with van der Waals surface area (Å²) < 4.78 is 0. The predicted octanol–water partition coefficient (Wildman–Crippen LogP) is 2.35. The molecule has 0 bridgehead atoms. The molecule has 1 aromatic carbocycles. The van der Waals surface area contributed by atoms with Crippen LogP contribution in [0.1, 0.15) is 17.9 Å². The number of benzene rings is 1. The summed E-state index contributed by atoms with van der Waals surface area (Å²) in [5.41, 5.74) is 1.17. The van der Waals surface area contributed by atoms with Gasteiger partial charge in [-0.15, -0.1) is 11.6 Å². The maximum atomic E-state index is 10.5. The minimum atomic E-state index is -0.596. The first-order valence-electron chi connectivity index (χ1n) is 3.96. The molecule has 2 heteroatoms. The van der Waals surface area contributed by atoms with E-state index in [9.17, 15) is 4.79 Å². The van der Waals surface area contributed by atoms with Gasteiger partial charge in [-0.3, -0.25) is 0 Å². The van der Waals surface area contributed by atoms with Gasteiger partial charge in [-0.05, 0) is 12.0 Å². The molecule has 0 aliphatic heterocycles. The van der Waals surface area contributed by atoms with Gasteiger partial charge in [0.1, 0.15) is 11.2 Å². The summed E-state index contributed by atoms with van der Waals surface area (Å²) in [4.78, 5) is 9.94. The molecule has 2 rings (SSSR count). The van der Waals surface area contributed by atoms with Crippen molar-refractivity contribution in [3.8, 4) is 0 Å². The lowest BCUT2D eigenvalue weighted by molar-refractivity contribution is -0.108. The zero-order valence-corrected chi connectivity index (χ0v) is 7.29. The van der Waals surface area contributed by atoms with E-state index in [1.165, 1.54) is 5.56 Å². The van der Waals surface area contributed by atoms with Gasteiger partial charge in [0, 0.05) is 5.92 Å². The molecule has 2 atom stereocenters. The fraction of sp³-hybridized carbons (Fsp3) is 0.300. The van der Waals surface area contributed by atoms with Gasteiger partial charge in [-0.2, -0.15) is 0 Å². The second-order valence-corrected chi connectivity index (χ2v) is 3.92. The fourth-order valence-corrected chi connectivity index (χ4v) is 1.74. The highest BCUT2D eigenvalue weighted by atomic mass is 35.5. The molecule has 0 amide bonds. The number of hydrogen-bond donors (Lipinski definition) is 0. The molecule has 1 aromatic rings. The van der Waals surface area contributed by atoms with Gasteiger partial charge >= 0.3 is 0 Å². The molecule has 1 aliphatic rings. The third-order valence-corrected chi connectivity index (χ3v) is 2.84. The van der Waals surface area contributed by atoms with Crippen molar-refractivity contribution >= 4 is 17.9 Å². The normalized spacial score (nSPS) is 32.9. The molecule has 1 aliphatic carbocycles. The molecular formula is C10H9ClO. The van der Waals surface area contributed by atoms with E-state index in [1.54, 1.807) is 0 Å². The summed E-state index contributed by atoms with van der Waals surface area (Å²) in [5, 5.41) is 0. The molecule has 62 valence electrons. The van der Waals surface area contributed by atoms with Crippen LogP contribution >= 0.6 is 11.6 Å². The molecule has 0 N–H and O–H groups in total. The summed E-state index contributed by atoms with van der Waals surface area (Å²) in [6, 6.07) is 9.92. The lowest BCUT2D eigenvalue weighted by atomic mass is 10.1. The molecule has 0 radical (unpaired) electrons. The van der Waals surface area contributed by atoms with Crippen LogP contribution in [-0.4, -0.2) is 11.2 Å². The Balaban J connectivity index is 2.21. The Hall–Kier alpha value is -0.820. The first kappa shape index (κ1) is 7.81. The zero-order valence-electron chi connectivity index (χ0n) is 6.53. The second-order valence-electron chi connectivity index (χ2n) is 3.21. The standard InChI is InChI=1S/C10H9ClO/c11-10(7-12)6-9(10)8-4-2-1-3-5-8/h1-5,7,9H,6H2/t9-,10-/m0/s1. The van der Waals surface area contributed by atoms with Gasteiger partial charge < -0.3 is 4.79 Å². The third-order valence-electron chi connectivity index (χ3n) is 2.33. The number of aldehydes is 1. The van der Waals surface area contributed by atoms with Crippen LogP contribution < -0.4 is 0 Å². The van der Waals surface area contributed by atoms with Crippen LogP contribution in [0, 0.1) is 0 Å². The van der Waals surface area contributed by atoms with Crippen molar-refractivity contribution in [1.82, 2.24) is 0 Å². The number of rotatable bonds is 2. The summed E-state index contributed by atoms with van der Waals surface area (Å²) >= 11 is 5.96. The van der Waals surface area contributed by atoms with Crippen molar-refractivity contribution in [1.29, 1.82) is 0 Å². The average Bonchev–Trinajstić information content (AvgIpc) is 2.81. The molecule has 0 spiro atoms. The van der Waals surface area contributed by atoms with E-state index in [0.29, 0.717) is 0 Å². The Morgan fingerprint density at radius 3 is 2.58 bits per heavy atom. The van der Waals surface area contributed by atoms with Crippen LogP contribution in [0.5, 0.6) is 0 Å². The molecule has 0 unspecified atom stereocenters. The van der Waals surface area contributed by atoms with E-state index in [0.717, 1.165) is 12.7 Å². The minimum Gasteiger partial charge on any atom is -0.301 e. The molecule has 0 saturated heterocycles. The molecule has 1 saturated carbocycles. The number of hydrogen-bond acceptors (Lipinski definition) is 1. The van der Waals surface area contributed by atoms with E-state index in [-0.39, 0.29) is 5.92 Å². The number of carbonyl (C=O) groups is 1. The molecular weight excluding hydrogens is 172 g/mol. The largest absolute Gasteiger partial charge is 0.301 e. The van der Waals surface area contributed by atoms with Crippen LogP contribution in [0.15, 0.2) is 30.3 Å². The van der Waals surface area contributed by atoms with E-state index >= 15 is 0 Å². The zero-order chi connectivity index (χ0) is 8.60. The van der Waals surface area contributed by atoms with Crippen LogP contribution in [0.25, 0.3) is 0 Å². The molecule has 0 aromatic heterocycles. The Bertz CT molecular complexity index is 296. The quantitative estimate of drug-likeness (QED) is 0.505. The molecule has 12 heavy (non-hydrogen) atoms. The van der Waals surface area contributed by atoms with Crippen LogP contribution in [0.4, 0.5) is 0 Å². The van der Waals surface area contributed by atoms with E-state index < -0.39 is 4.87 Å². The Morgan fingerprint density at radius 1 is 1.42 bits per heavy atom. The van der Waals surface area contributed by atoms with Crippen LogP contribution in [0.3, 0.4) is 0 Å². The summed E-state index contributed by atoms with van der Waals surface area (Å²) in [6.07, 6.45) is 1.63. The second kappa shape index (κ2) is 2.60. The number of alkyl halides is 1. The lowest BCUT2D eigenvalue weighted by Gasteiger charge is -1.99. The fourth-order valence-electron chi connectivity index (χ4n) is 1.46. The highest BCUT2D eigenvalue weighted by molar-refractivity contribution is 6.35. The number of carbonyl (C=O) groups excluding carboxylic acids is 1. The smallest absolute Gasteiger partial charge is 0.141 e. The Labute approximate surface area is 76.4 Å². The third kappa shape index (κ3) is 1.14. The highest BCUT2D eigenvalue weighted by Gasteiger charge is 2.53. The van der Waals surface area contributed by atoms with Crippen molar-refractivity contribution in [2.75, 3.05) is 0 Å². The first-order chi connectivity index (χ1) is 5.76. The summed E-state index contributed by atoms with van der Waals surface area (Å²) in [7, 11) is 0. The lowest BCUT2D eigenvalue weighted by Crippen LogP contribution is -2.02. The van der Waals surface area contributed by atoms with Gasteiger partial charge in [0.25, 0.3) is 0 Å². The number of halogens is 1. The SMILES string of the molecule is O=C[C@@]1(Cl)C[C@H]1c1ccccc1. The van der Waals surface area contributed by atoms with Gasteiger partial charge in [0.2, 0.25) is 0 Å². The Morgan fingerprint density at radius 2 is 2.08 bits per heavy atom. The van der Waals surface area contributed by atoms with Gasteiger partial charge in [-0.25, -0.2) is 0 Å². The van der Waals surface area contributed by atoms with Crippen LogP contribution in [-0.2, 0) is 4.79 Å². The predicted molar refractivity (Wildman–Crippen MR) is 48.4 cm³/mol. The maximum Gasteiger partial charge on any atom is 0.141 e. The van der Waals surface area contributed by atoms with Crippen molar-refractivity contribution in [3.05, 3.63) is 35.9 Å². The van der Waals surface area contributed by atoms with Gasteiger partial charge in [-0.1, -0.05) is 30.3 Å². The average molecular weight is 181 g/mol. The highest BCUT2D eigenvalue weighted by Crippen LogP contribution is 2.54. The Kier molecular flexibility index (Phi) is 1.69. The van der Waals surface area contributed by atoms with Crippen molar-refractivity contribution in [3.63, 3.8) is 0 Å². The van der Waals surface area contributed by atoms with Gasteiger partial charge in [0.15, 0.2) is 0 Å². The molecule has 1 fully saturated rings. The topological polar surface area (TPSA) is 17.1 Å². The van der Waals surface area contributed by atoms with Crippen molar-refractivity contribution in [2.24, 2.45) is 0 Å². The molecule has 1 nitrogen and oxygen atoms in total. The van der Waals surface area contributed by atoms with Crippen LogP contribution in [0.2, 0.25) is 0 Å². The first-order valence-corrected chi connectivity index (χ1v) is 4.34. The minimum absolute atomic E-state index is 0.234. The maximum absolute atomic E-state index is 10.5.